The van der Waals surface area contributed by atoms with Gasteiger partial charge in [0.15, 0.2) is 0 Å². The molecule has 1 aromatic carbocycles. The molecule has 0 aliphatic carbocycles. The number of carboxylic acid groups (broad SMARTS) is 2. The van der Waals surface area contributed by atoms with E-state index in [0.29, 0.717) is 17.6 Å². The third-order valence-electron chi connectivity index (χ3n) is 4.20. The van der Waals surface area contributed by atoms with Gasteiger partial charge in [-0.2, -0.15) is 0 Å². The Morgan fingerprint density at radius 3 is 2.55 bits per heavy atom. The Kier molecular flexibility index (Phi) is 4.18. The Labute approximate surface area is 126 Å². The zero-order valence-electron chi connectivity index (χ0n) is 12.1. The molecule has 0 bridgehead atoms. The SMILES string of the molecule is COc1cccc([C@@H]2[C@@H](C(=O)O)N[C@@](C)(C(=O)O)[C@H]2C=O)c1. The molecule has 0 aromatic heterocycles. The Balaban J connectivity index is 2.55. The third-order valence-corrected chi connectivity index (χ3v) is 4.20. The number of ether oxygens (including phenoxy) is 1. The molecule has 0 spiro atoms. The first-order valence-electron chi connectivity index (χ1n) is 6.68. The molecule has 0 saturated carbocycles. The maximum absolute atomic E-state index is 11.5. The van der Waals surface area contributed by atoms with E-state index in [4.69, 9.17) is 4.74 Å². The average Bonchev–Trinajstić information content (AvgIpc) is 2.81. The lowest BCUT2D eigenvalue weighted by molar-refractivity contribution is -0.146. The van der Waals surface area contributed by atoms with E-state index in [1.807, 2.05) is 0 Å². The van der Waals surface area contributed by atoms with E-state index in [1.54, 1.807) is 24.3 Å². The molecule has 1 aromatic rings. The summed E-state index contributed by atoms with van der Waals surface area (Å²) in [6, 6.07) is 5.46. The van der Waals surface area contributed by atoms with Crippen LogP contribution in [0.1, 0.15) is 18.4 Å². The number of methoxy groups -OCH3 is 1. The molecule has 0 amide bonds. The summed E-state index contributed by atoms with van der Waals surface area (Å²) in [4.78, 5) is 34.5. The Morgan fingerprint density at radius 2 is 2.05 bits per heavy atom. The van der Waals surface area contributed by atoms with Crippen molar-refractivity contribution in [3.63, 3.8) is 0 Å². The van der Waals surface area contributed by atoms with Crippen LogP contribution in [0.3, 0.4) is 0 Å². The number of carboxylic acids is 2. The maximum atomic E-state index is 11.5. The van der Waals surface area contributed by atoms with Crippen molar-refractivity contribution in [2.45, 2.75) is 24.4 Å². The molecule has 1 fully saturated rings. The van der Waals surface area contributed by atoms with Gasteiger partial charge in [-0.15, -0.1) is 0 Å². The van der Waals surface area contributed by atoms with Crippen molar-refractivity contribution in [1.29, 1.82) is 0 Å². The minimum atomic E-state index is -1.64. The number of benzene rings is 1. The number of hydrogen-bond acceptors (Lipinski definition) is 5. The molecule has 1 aliphatic heterocycles. The first-order chi connectivity index (χ1) is 10.3. The molecule has 0 unspecified atom stereocenters. The van der Waals surface area contributed by atoms with Crippen LogP contribution in [0.25, 0.3) is 0 Å². The van der Waals surface area contributed by atoms with E-state index >= 15 is 0 Å². The fourth-order valence-corrected chi connectivity index (χ4v) is 2.96. The van der Waals surface area contributed by atoms with Crippen molar-refractivity contribution in [1.82, 2.24) is 5.32 Å². The van der Waals surface area contributed by atoms with E-state index < -0.39 is 35.4 Å². The third kappa shape index (κ3) is 2.43. The van der Waals surface area contributed by atoms with Gasteiger partial charge in [-0.25, -0.2) is 0 Å². The maximum Gasteiger partial charge on any atom is 0.324 e. The molecule has 22 heavy (non-hydrogen) atoms. The zero-order chi connectivity index (χ0) is 16.5. The molecule has 1 saturated heterocycles. The van der Waals surface area contributed by atoms with Gasteiger partial charge in [-0.05, 0) is 24.6 Å². The monoisotopic (exact) mass is 307 g/mol. The van der Waals surface area contributed by atoms with Gasteiger partial charge in [0.25, 0.3) is 0 Å². The van der Waals surface area contributed by atoms with Gasteiger partial charge in [0.1, 0.15) is 23.6 Å². The Morgan fingerprint density at radius 1 is 1.36 bits per heavy atom. The van der Waals surface area contributed by atoms with E-state index in [1.165, 1.54) is 14.0 Å². The summed E-state index contributed by atoms with van der Waals surface area (Å²) in [6.07, 6.45) is 0.508. The van der Waals surface area contributed by atoms with Gasteiger partial charge in [-0.1, -0.05) is 12.1 Å². The first-order valence-corrected chi connectivity index (χ1v) is 6.68. The molecule has 3 N–H and O–H groups in total. The lowest BCUT2D eigenvalue weighted by atomic mass is 9.77. The molecule has 118 valence electrons. The average molecular weight is 307 g/mol. The van der Waals surface area contributed by atoms with Crippen molar-refractivity contribution in [3.05, 3.63) is 29.8 Å². The fourth-order valence-electron chi connectivity index (χ4n) is 2.96. The van der Waals surface area contributed by atoms with Gasteiger partial charge in [-0.3, -0.25) is 14.9 Å². The molecule has 7 heteroatoms. The van der Waals surface area contributed by atoms with Gasteiger partial charge >= 0.3 is 11.9 Å². The summed E-state index contributed by atoms with van der Waals surface area (Å²) in [5, 5.41) is 21.4. The number of rotatable bonds is 5. The Bertz CT molecular complexity index is 616. The molecular weight excluding hydrogens is 290 g/mol. The summed E-state index contributed by atoms with van der Waals surface area (Å²) in [5.41, 5.74) is -1.10. The van der Waals surface area contributed by atoms with E-state index in [2.05, 4.69) is 5.32 Å². The van der Waals surface area contributed by atoms with Crippen LogP contribution in [0.5, 0.6) is 5.75 Å². The van der Waals surface area contributed by atoms with Crippen LogP contribution in [-0.2, 0) is 14.4 Å². The van der Waals surface area contributed by atoms with Gasteiger partial charge in [0.05, 0.1) is 13.0 Å². The van der Waals surface area contributed by atoms with Gasteiger partial charge in [0.2, 0.25) is 0 Å². The van der Waals surface area contributed by atoms with Crippen molar-refractivity contribution < 1.29 is 29.3 Å². The number of carbonyl (C=O) groups is 3. The predicted molar refractivity (Wildman–Crippen MR) is 75.9 cm³/mol. The smallest absolute Gasteiger partial charge is 0.324 e. The number of nitrogens with one attached hydrogen (secondary N) is 1. The van der Waals surface area contributed by atoms with Crippen molar-refractivity contribution >= 4 is 18.2 Å². The summed E-state index contributed by atoms with van der Waals surface area (Å²) in [5.74, 6) is -3.77. The second kappa shape index (κ2) is 5.76. The van der Waals surface area contributed by atoms with E-state index in [9.17, 15) is 24.6 Å². The van der Waals surface area contributed by atoms with Crippen LogP contribution in [-0.4, -0.2) is 47.1 Å². The summed E-state index contributed by atoms with van der Waals surface area (Å²) >= 11 is 0. The van der Waals surface area contributed by atoms with Gasteiger partial charge in [0, 0.05) is 5.92 Å². The van der Waals surface area contributed by atoms with Crippen LogP contribution in [0.4, 0.5) is 0 Å². The highest BCUT2D eigenvalue weighted by Crippen LogP contribution is 2.42. The van der Waals surface area contributed by atoms with E-state index in [-0.39, 0.29) is 0 Å². The van der Waals surface area contributed by atoms with Crippen LogP contribution < -0.4 is 10.1 Å². The molecular formula is C15H17NO6. The standard InChI is InChI=1S/C15H17NO6/c1-15(14(20)21)10(7-17)11(12(16-15)13(18)19)8-4-3-5-9(6-8)22-2/h3-7,10-12,16H,1-2H3,(H,18,19)(H,20,21)/t10-,11-,12-,15+/m0/s1. The molecule has 4 atom stereocenters. The second-order valence-electron chi connectivity index (χ2n) is 5.43. The van der Waals surface area contributed by atoms with Crippen LogP contribution >= 0.6 is 0 Å². The minimum Gasteiger partial charge on any atom is -0.497 e. The topological polar surface area (TPSA) is 113 Å². The second-order valence-corrected chi connectivity index (χ2v) is 5.43. The quantitative estimate of drug-likeness (QED) is 0.679. The molecule has 2 rings (SSSR count). The predicted octanol–water partition coefficient (Wildman–Crippen LogP) is 0.494. The highest BCUT2D eigenvalue weighted by atomic mass is 16.5. The Hall–Kier alpha value is -2.41. The summed E-state index contributed by atoms with van der Waals surface area (Å²) < 4.78 is 5.11. The largest absolute Gasteiger partial charge is 0.497 e. The highest BCUT2D eigenvalue weighted by Gasteiger charge is 2.57. The summed E-state index contributed by atoms with van der Waals surface area (Å²) in [6.45, 7) is 1.32. The number of aldehydes is 1. The number of carbonyl (C=O) groups excluding carboxylic acids is 1. The lowest BCUT2D eigenvalue weighted by Gasteiger charge is -2.25. The molecule has 1 heterocycles. The minimum absolute atomic E-state index is 0.508. The molecule has 0 radical (unpaired) electrons. The lowest BCUT2D eigenvalue weighted by Crippen LogP contribution is -2.52. The van der Waals surface area contributed by atoms with Crippen molar-refractivity contribution in [2.75, 3.05) is 7.11 Å². The molecule has 1 aliphatic rings. The van der Waals surface area contributed by atoms with Crippen molar-refractivity contribution in [3.8, 4) is 5.75 Å². The molecule has 7 nitrogen and oxygen atoms in total. The first kappa shape index (κ1) is 16.0. The van der Waals surface area contributed by atoms with E-state index in [0.717, 1.165) is 0 Å². The van der Waals surface area contributed by atoms with Crippen LogP contribution in [0.2, 0.25) is 0 Å². The number of hydrogen-bond donors (Lipinski definition) is 3. The van der Waals surface area contributed by atoms with Gasteiger partial charge < -0.3 is 19.7 Å². The van der Waals surface area contributed by atoms with Crippen molar-refractivity contribution in [2.24, 2.45) is 5.92 Å². The van der Waals surface area contributed by atoms with Crippen LogP contribution in [0.15, 0.2) is 24.3 Å². The normalized spacial score (nSPS) is 30.7. The zero-order valence-corrected chi connectivity index (χ0v) is 12.1. The highest BCUT2D eigenvalue weighted by molar-refractivity contribution is 5.88. The van der Waals surface area contributed by atoms with Crippen LogP contribution in [0, 0.1) is 5.92 Å². The summed E-state index contributed by atoms with van der Waals surface area (Å²) in [7, 11) is 1.47. The number of aliphatic carboxylic acids is 2. The fraction of sp³-hybridized carbons (Fsp3) is 0.400.